The first-order valence-corrected chi connectivity index (χ1v) is 15.3. The number of nitriles is 1. The Bertz CT molecular complexity index is 1490. The van der Waals surface area contributed by atoms with E-state index in [1.165, 1.54) is 14.2 Å². The second-order valence-corrected chi connectivity index (χ2v) is 12.9. The van der Waals surface area contributed by atoms with Gasteiger partial charge in [-0.15, -0.1) is 0 Å². The molecule has 0 radical (unpaired) electrons. The Hall–Kier alpha value is -4.72. The Morgan fingerprint density at radius 2 is 1.17 bits per heavy atom. The highest BCUT2D eigenvalue weighted by atomic mass is 31.2. The van der Waals surface area contributed by atoms with Crippen LogP contribution in [0.5, 0.6) is 0 Å². The van der Waals surface area contributed by atoms with Gasteiger partial charge in [0.1, 0.15) is 34.4 Å². The zero-order chi connectivity index (χ0) is 30.2. The van der Waals surface area contributed by atoms with Crippen molar-refractivity contribution >= 4 is 34.9 Å². The zero-order valence-corrected chi connectivity index (χ0v) is 24.7. The number of carbonyl (C=O) groups is 2. The molecule has 0 fully saturated rings. The fraction of sp³-hybridized carbons (Fsp3) is 0.171. The van der Waals surface area contributed by atoms with Crippen molar-refractivity contribution in [2.24, 2.45) is 5.92 Å². The number of ether oxygens (including phenoxy) is 2. The molecule has 4 rings (SSSR count). The minimum Gasteiger partial charge on any atom is -0.614 e. The molecule has 0 heterocycles. The van der Waals surface area contributed by atoms with Crippen LogP contribution in [0.25, 0.3) is 0 Å². The van der Waals surface area contributed by atoms with Crippen molar-refractivity contribution in [2.75, 3.05) is 14.2 Å². The van der Waals surface area contributed by atoms with Gasteiger partial charge in [-0.25, -0.2) is 0 Å². The molecule has 212 valence electrons. The number of benzene rings is 4. The number of Topliss-reactive ketones (excluding diaryl/α,β-unsaturated/α-hetero) is 1. The predicted molar refractivity (Wildman–Crippen MR) is 164 cm³/mol. The van der Waals surface area contributed by atoms with Crippen LogP contribution >= 0.6 is 7.26 Å². The monoisotopic (exact) mass is 577 g/mol. The van der Waals surface area contributed by atoms with Gasteiger partial charge in [0.15, 0.2) is 11.2 Å². The van der Waals surface area contributed by atoms with Crippen molar-refractivity contribution in [1.29, 1.82) is 5.26 Å². The first kappa shape index (κ1) is 30.2. The Morgan fingerprint density at radius 1 is 0.762 bits per heavy atom. The summed E-state index contributed by atoms with van der Waals surface area (Å²) in [6.07, 6.45) is -0.0577. The van der Waals surface area contributed by atoms with Crippen molar-refractivity contribution in [3.8, 4) is 6.07 Å². The van der Waals surface area contributed by atoms with Crippen molar-refractivity contribution in [2.45, 2.75) is 18.8 Å². The molecule has 0 aliphatic rings. The molecule has 2 atom stereocenters. The predicted octanol–water partition coefficient (Wildman–Crippen LogP) is 4.39. The Balaban J connectivity index is 2.31. The molecule has 2 unspecified atom stereocenters. The molecule has 0 aromatic heterocycles. The molecular formula is C35H32NO5P. The van der Waals surface area contributed by atoms with E-state index in [4.69, 9.17) is 9.47 Å². The number of esters is 1. The van der Waals surface area contributed by atoms with Crippen molar-refractivity contribution in [3.05, 3.63) is 138 Å². The summed E-state index contributed by atoms with van der Waals surface area (Å²) < 4.78 is 10.8. The largest absolute Gasteiger partial charge is 0.614 e. The summed E-state index contributed by atoms with van der Waals surface area (Å²) in [4.78, 5) is 28.3. The molecule has 0 bridgehead atoms. The molecular weight excluding hydrogens is 545 g/mol. The summed E-state index contributed by atoms with van der Waals surface area (Å²) in [5.41, 5.74) is -1.79. The molecule has 4 aromatic rings. The van der Waals surface area contributed by atoms with E-state index in [1.807, 2.05) is 91.0 Å². The fourth-order valence-corrected chi connectivity index (χ4v) is 10.3. The summed E-state index contributed by atoms with van der Waals surface area (Å²) in [6.45, 7) is 1.64. The Kier molecular flexibility index (Phi) is 9.57. The van der Waals surface area contributed by atoms with Crippen LogP contribution < -0.4 is 21.0 Å². The van der Waals surface area contributed by atoms with E-state index in [0.717, 1.165) is 15.9 Å². The van der Waals surface area contributed by atoms with Crippen molar-refractivity contribution in [3.63, 3.8) is 0 Å². The van der Waals surface area contributed by atoms with Crippen molar-refractivity contribution in [1.82, 2.24) is 0 Å². The van der Waals surface area contributed by atoms with Crippen LogP contribution in [0.15, 0.2) is 133 Å². The molecule has 0 amide bonds. The third kappa shape index (κ3) is 5.09. The van der Waals surface area contributed by atoms with Gasteiger partial charge in [-0.1, -0.05) is 91.9 Å². The summed E-state index contributed by atoms with van der Waals surface area (Å²) in [5, 5.41) is 27.6. The lowest BCUT2D eigenvalue weighted by molar-refractivity contribution is -0.354. The number of ketones is 1. The van der Waals surface area contributed by atoms with Crippen LogP contribution in [0.3, 0.4) is 0 Å². The van der Waals surface area contributed by atoms with Crippen molar-refractivity contribution < 1.29 is 24.2 Å². The first-order valence-electron chi connectivity index (χ1n) is 13.5. The number of nitrogens with zero attached hydrogens (tertiary/aromatic N) is 1. The van der Waals surface area contributed by atoms with Gasteiger partial charge < -0.3 is 14.6 Å². The maximum Gasteiger partial charge on any atom is 0.319 e. The fourth-order valence-electron chi connectivity index (χ4n) is 5.64. The summed E-state index contributed by atoms with van der Waals surface area (Å²) in [7, 11) is -0.865. The molecule has 0 aliphatic carbocycles. The van der Waals surface area contributed by atoms with E-state index in [0.29, 0.717) is 5.56 Å². The van der Waals surface area contributed by atoms with E-state index < -0.39 is 36.3 Å². The van der Waals surface area contributed by atoms with Crippen LogP contribution in [0.1, 0.15) is 18.9 Å². The van der Waals surface area contributed by atoms with Gasteiger partial charge in [0.05, 0.1) is 19.1 Å². The van der Waals surface area contributed by atoms with E-state index in [-0.39, 0.29) is 11.7 Å². The highest BCUT2D eigenvalue weighted by Gasteiger charge is 2.63. The quantitative estimate of drug-likeness (QED) is 0.149. The number of methoxy groups -OCH3 is 2. The van der Waals surface area contributed by atoms with Gasteiger partial charge in [0.2, 0.25) is 0 Å². The molecule has 42 heavy (non-hydrogen) atoms. The van der Waals surface area contributed by atoms with E-state index in [1.54, 1.807) is 37.3 Å². The van der Waals surface area contributed by atoms with E-state index in [2.05, 4.69) is 6.07 Å². The second kappa shape index (κ2) is 13.3. The summed E-state index contributed by atoms with van der Waals surface area (Å²) >= 11 is 0. The van der Waals surface area contributed by atoms with Gasteiger partial charge in [0.25, 0.3) is 0 Å². The van der Waals surface area contributed by atoms with Gasteiger partial charge in [-0.2, -0.15) is 5.26 Å². The molecule has 6 nitrogen and oxygen atoms in total. The minimum absolute atomic E-state index is 0.00709. The molecule has 0 N–H and O–H groups in total. The van der Waals surface area contributed by atoms with E-state index >= 15 is 0 Å². The van der Waals surface area contributed by atoms with E-state index in [9.17, 15) is 20.0 Å². The number of hydrogen-bond acceptors (Lipinski definition) is 6. The molecule has 0 saturated carbocycles. The molecule has 0 aliphatic heterocycles. The zero-order valence-electron chi connectivity index (χ0n) is 23.8. The molecule has 4 aromatic carbocycles. The smallest absolute Gasteiger partial charge is 0.319 e. The van der Waals surface area contributed by atoms with Crippen LogP contribution in [-0.2, 0) is 24.5 Å². The van der Waals surface area contributed by atoms with Crippen LogP contribution in [0.4, 0.5) is 0 Å². The lowest BCUT2D eigenvalue weighted by atomic mass is 9.67. The first-order chi connectivity index (χ1) is 20.4. The minimum atomic E-state index is -3.30. The third-order valence-electron chi connectivity index (χ3n) is 7.50. The molecule has 0 spiro atoms. The number of carbonyl (C=O) groups excluding carboxylic acids is 2. The SMILES string of the molecule is CCC(=O)C(C#N)(c1ccccc1)C(C(=O)OC)/C(=C(/[O-])OC)[P+](c1ccccc1)(c1ccccc1)c1ccccc1. The lowest BCUT2D eigenvalue weighted by Gasteiger charge is -2.40. The van der Waals surface area contributed by atoms with Gasteiger partial charge in [-0.05, 0) is 49.1 Å². The summed E-state index contributed by atoms with van der Waals surface area (Å²) in [6, 6.07) is 38.9. The van der Waals surface area contributed by atoms with Gasteiger partial charge in [0, 0.05) is 6.42 Å². The van der Waals surface area contributed by atoms with Gasteiger partial charge >= 0.3 is 5.97 Å². The summed E-state index contributed by atoms with van der Waals surface area (Å²) in [5.74, 6) is -3.83. The second-order valence-electron chi connectivity index (χ2n) is 9.57. The highest BCUT2D eigenvalue weighted by molar-refractivity contribution is 7.99. The van der Waals surface area contributed by atoms with Gasteiger partial charge in [-0.3, -0.25) is 9.59 Å². The average molecular weight is 578 g/mol. The normalized spacial score (nSPS) is 14.0. The molecule has 0 saturated heterocycles. The Morgan fingerprint density at radius 3 is 1.50 bits per heavy atom. The standard InChI is InChI=1S/C35H32NO5P/c1-4-30(37)35(25-36,26-17-9-5-10-18-26)31(33(38)40-2)32(34(39)41-3)42(27-19-11-6-12-20-27,28-21-13-7-14-22-28)29-23-15-8-16-24-29/h5-24,31H,4H2,1-3H3/b34-32+. The topological polar surface area (TPSA) is 99.5 Å². The Labute approximate surface area is 247 Å². The maximum absolute atomic E-state index is 14.4. The number of hydrogen-bond donors (Lipinski definition) is 0. The number of rotatable bonds is 11. The highest BCUT2D eigenvalue weighted by Crippen LogP contribution is 2.67. The van der Waals surface area contributed by atoms with Crippen LogP contribution in [-0.4, -0.2) is 26.0 Å². The molecule has 7 heteroatoms. The average Bonchev–Trinajstić information content (AvgIpc) is 3.07. The van der Waals surface area contributed by atoms with Crippen LogP contribution in [0, 0.1) is 17.2 Å². The van der Waals surface area contributed by atoms with Crippen LogP contribution in [0.2, 0.25) is 0 Å². The maximum atomic E-state index is 14.4. The third-order valence-corrected chi connectivity index (χ3v) is 11.9. The lowest BCUT2D eigenvalue weighted by Crippen LogP contribution is -2.50.